The van der Waals surface area contributed by atoms with Gasteiger partial charge in [0.05, 0.1) is 23.4 Å². The van der Waals surface area contributed by atoms with E-state index in [0.717, 1.165) is 0 Å². The van der Waals surface area contributed by atoms with E-state index in [-0.39, 0.29) is 10.8 Å². The number of sulfonamides is 1. The molecule has 1 aliphatic heterocycles. The van der Waals surface area contributed by atoms with Crippen LogP contribution in [0.15, 0.2) is 47.4 Å². The minimum atomic E-state index is -3.75. The highest BCUT2D eigenvalue weighted by Gasteiger charge is 2.24. The second kappa shape index (κ2) is 6.04. The molecular weight excluding hydrogens is 332 g/mol. The fraction of sp³-hybridized carbons (Fsp3) is 0.188. The summed E-state index contributed by atoms with van der Waals surface area (Å²) in [6.07, 6.45) is -0.584. The molecule has 0 radical (unpaired) electrons. The maximum atomic E-state index is 12.4. The first-order valence-corrected chi connectivity index (χ1v) is 8.66. The van der Waals surface area contributed by atoms with Crippen molar-refractivity contribution in [3.05, 3.63) is 42.5 Å². The minimum Gasteiger partial charge on any atom is -0.497 e. The molecule has 1 heterocycles. The monoisotopic (exact) mass is 348 g/mol. The number of anilines is 2. The lowest BCUT2D eigenvalue weighted by molar-refractivity contribution is -0.122. The molecule has 8 heteroatoms. The van der Waals surface area contributed by atoms with Gasteiger partial charge in [0.25, 0.3) is 15.9 Å². The Morgan fingerprint density at radius 1 is 1.17 bits per heavy atom. The van der Waals surface area contributed by atoms with Gasteiger partial charge in [-0.3, -0.25) is 9.52 Å². The molecule has 126 valence electrons. The number of benzene rings is 2. The Bertz CT molecular complexity index is 878. The molecule has 2 aromatic carbocycles. The summed E-state index contributed by atoms with van der Waals surface area (Å²) >= 11 is 0. The maximum absolute atomic E-state index is 12.4. The molecule has 3 rings (SSSR count). The summed E-state index contributed by atoms with van der Waals surface area (Å²) in [5, 5.41) is 2.68. The van der Waals surface area contributed by atoms with Crippen LogP contribution in [0, 0.1) is 0 Å². The van der Waals surface area contributed by atoms with Crippen LogP contribution in [0.4, 0.5) is 11.4 Å². The van der Waals surface area contributed by atoms with Crippen molar-refractivity contribution >= 4 is 27.3 Å². The Balaban J connectivity index is 1.85. The first-order chi connectivity index (χ1) is 11.4. The Morgan fingerprint density at radius 2 is 1.88 bits per heavy atom. The molecule has 0 saturated carbocycles. The van der Waals surface area contributed by atoms with Crippen LogP contribution in [-0.2, 0) is 14.8 Å². The first kappa shape index (κ1) is 16.1. The van der Waals surface area contributed by atoms with Crippen molar-refractivity contribution in [2.24, 2.45) is 0 Å². The van der Waals surface area contributed by atoms with Crippen LogP contribution in [0.5, 0.6) is 11.5 Å². The number of hydrogen-bond acceptors (Lipinski definition) is 5. The lowest BCUT2D eigenvalue weighted by Crippen LogP contribution is -2.34. The quantitative estimate of drug-likeness (QED) is 0.883. The molecule has 0 aliphatic carbocycles. The molecule has 2 aromatic rings. The Hall–Kier alpha value is -2.74. The first-order valence-electron chi connectivity index (χ1n) is 7.17. The Labute approximate surface area is 139 Å². The highest BCUT2D eigenvalue weighted by atomic mass is 32.2. The maximum Gasteiger partial charge on any atom is 0.265 e. The Kier molecular flexibility index (Phi) is 4.06. The number of carbonyl (C=O) groups is 1. The molecule has 0 spiro atoms. The highest BCUT2D eigenvalue weighted by molar-refractivity contribution is 7.92. The fourth-order valence-corrected chi connectivity index (χ4v) is 3.29. The van der Waals surface area contributed by atoms with Crippen LogP contribution in [0.3, 0.4) is 0 Å². The zero-order valence-electron chi connectivity index (χ0n) is 13.1. The number of fused-ring (bicyclic) bond motifs is 1. The second-order valence-electron chi connectivity index (χ2n) is 5.24. The Morgan fingerprint density at radius 3 is 2.54 bits per heavy atom. The molecular formula is C16H16N2O5S. The predicted octanol–water partition coefficient (Wildman–Crippen LogP) is 2.22. The van der Waals surface area contributed by atoms with Gasteiger partial charge in [-0.05, 0) is 49.4 Å². The van der Waals surface area contributed by atoms with Crippen molar-refractivity contribution in [1.29, 1.82) is 0 Å². The van der Waals surface area contributed by atoms with Crippen molar-refractivity contribution in [3.63, 3.8) is 0 Å². The highest BCUT2D eigenvalue weighted by Crippen LogP contribution is 2.32. The van der Waals surface area contributed by atoms with E-state index in [1.807, 2.05) is 0 Å². The van der Waals surface area contributed by atoms with Crippen molar-refractivity contribution in [1.82, 2.24) is 0 Å². The third-order valence-electron chi connectivity index (χ3n) is 3.53. The van der Waals surface area contributed by atoms with Crippen LogP contribution in [0.2, 0.25) is 0 Å². The van der Waals surface area contributed by atoms with E-state index in [4.69, 9.17) is 9.47 Å². The molecule has 1 atom stereocenters. The van der Waals surface area contributed by atoms with Gasteiger partial charge in [0.15, 0.2) is 6.10 Å². The molecule has 0 saturated heterocycles. The SMILES string of the molecule is COc1ccc(S(=O)(=O)Nc2ccc3c(c2)NC(=O)[C@@H](C)O3)cc1. The third-order valence-corrected chi connectivity index (χ3v) is 4.93. The van der Waals surface area contributed by atoms with E-state index in [2.05, 4.69) is 10.0 Å². The predicted molar refractivity (Wildman–Crippen MR) is 89.0 cm³/mol. The van der Waals surface area contributed by atoms with Gasteiger partial charge in [-0.15, -0.1) is 0 Å². The lowest BCUT2D eigenvalue weighted by atomic mass is 10.2. The molecule has 0 unspecified atom stereocenters. The minimum absolute atomic E-state index is 0.106. The summed E-state index contributed by atoms with van der Waals surface area (Å²) in [6, 6.07) is 10.7. The number of carbonyl (C=O) groups excluding carboxylic acids is 1. The average molecular weight is 348 g/mol. The van der Waals surface area contributed by atoms with Crippen molar-refractivity contribution in [3.8, 4) is 11.5 Å². The van der Waals surface area contributed by atoms with Crippen LogP contribution in [0.25, 0.3) is 0 Å². The summed E-state index contributed by atoms with van der Waals surface area (Å²) in [5.41, 5.74) is 0.746. The zero-order valence-corrected chi connectivity index (χ0v) is 13.9. The van der Waals surface area contributed by atoms with Crippen LogP contribution < -0.4 is 19.5 Å². The largest absolute Gasteiger partial charge is 0.497 e. The molecule has 1 amide bonds. The van der Waals surface area contributed by atoms with Crippen LogP contribution in [0.1, 0.15) is 6.92 Å². The molecule has 2 N–H and O–H groups in total. The summed E-state index contributed by atoms with van der Waals surface area (Å²) in [7, 11) is -2.24. The van der Waals surface area contributed by atoms with Crippen molar-refractivity contribution in [2.75, 3.05) is 17.1 Å². The van der Waals surface area contributed by atoms with Gasteiger partial charge in [0.1, 0.15) is 11.5 Å². The van der Waals surface area contributed by atoms with E-state index >= 15 is 0 Å². The van der Waals surface area contributed by atoms with E-state index in [1.165, 1.54) is 25.3 Å². The molecule has 24 heavy (non-hydrogen) atoms. The van der Waals surface area contributed by atoms with Gasteiger partial charge in [0.2, 0.25) is 0 Å². The van der Waals surface area contributed by atoms with Gasteiger partial charge in [0, 0.05) is 0 Å². The standard InChI is InChI=1S/C16H16N2O5S/c1-10-16(19)17-14-9-11(3-8-15(14)23-10)18-24(20,21)13-6-4-12(22-2)5-7-13/h3-10,18H,1-2H3,(H,17,19)/t10-/m1/s1. The zero-order chi connectivity index (χ0) is 17.3. The normalized spacial score (nSPS) is 16.6. The van der Waals surface area contributed by atoms with Crippen molar-refractivity contribution < 1.29 is 22.7 Å². The van der Waals surface area contributed by atoms with Gasteiger partial charge in [-0.2, -0.15) is 0 Å². The summed E-state index contributed by atoms with van der Waals surface area (Å²) in [5.74, 6) is 0.781. The molecule has 7 nitrogen and oxygen atoms in total. The topological polar surface area (TPSA) is 93.7 Å². The van der Waals surface area contributed by atoms with Gasteiger partial charge in [-0.25, -0.2) is 8.42 Å². The van der Waals surface area contributed by atoms with Crippen LogP contribution >= 0.6 is 0 Å². The fourth-order valence-electron chi connectivity index (χ4n) is 2.24. The molecule has 0 fully saturated rings. The van der Waals surface area contributed by atoms with Gasteiger partial charge < -0.3 is 14.8 Å². The smallest absolute Gasteiger partial charge is 0.265 e. The number of amides is 1. The van der Waals surface area contributed by atoms with E-state index in [0.29, 0.717) is 22.9 Å². The molecule has 0 bridgehead atoms. The summed E-state index contributed by atoms with van der Waals surface area (Å²) in [4.78, 5) is 11.8. The van der Waals surface area contributed by atoms with Crippen molar-refractivity contribution in [2.45, 2.75) is 17.9 Å². The van der Waals surface area contributed by atoms with Gasteiger partial charge >= 0.3 is 0 Å². The summed E-state index contributed by atoms with van der Waals surface area (Å²) < 4.78 is 37.8. The van der Waals surface area contributed by atoms with Crippen LogP contribution in [-0.4, -0.2) is 27.5 Å². The van der Waals surface area contributed by atoms with E-state index < -0.39 is 16.1 Å². The molecule has 1 aliphatic rings. The summed E-state index contributed by atoms with van der Waals surface area (Å²) in [6.45, 7) is 1.64. The second-order valence-corrected chi connectivity index (χ2v) is 6.92. The van der Waals surface area contributed by atoms with E-state index in [9.17, 15) is 13.2 Å². The number of hydrogen-bond donors (Lipinski definition) is 2. The number of rotatable bonds is 4. The third kappa shape index (κ3) is 3.13. The number of nitrogens with one attached hydrogen (secondary N) is 2. The molecule has 0 aromatic heterocycles. The van der Waals surface area contributed by atoms with Gasteiger partial charge in [-0.1, -0.05) is 0 Å². The number of methoxy groups -OCH3 is 1. The average Bonchev–Trinajstić information content (AvgIpc) is 2.56. The number of ether oxygens (including phenoxy) is 2. The lowest BCUT2D eigenvalue weighted by Gasteiger charge is -2.23. The van der Waals surface area contributed by atoms with E-state index in [1.54, 1.807) is 31.2 Å².